The monoisotopic (exact) mass is 276 g/mol. The van der Waals surface area contributed by atoms with Crippen LogP contribution in [0.4, 0.5) is 5.69 Å². The van der Waals surface area contributed by atoms with E-state index in [0.717, 1.165) is 18.2 Å². The summed E-state index contributed by atoms with van der Waals surface area (Å²) in [6.45, 7) is 6.84. The minimum Gasteiger partial charge on any atom is -0.399 e. The van der Waals surface area contributed by atoms with Gasteiger partial charge in [-0.1, -0.05) is 19.1 Å². The largest absolute Gasteiger partial charge is 0.399 e. The summed E-state index contributed by atoms with van der Waals surface area (Å²) in [4.78, 5) is 2.60. The minimum absolute atomic E-state index is 0.596. The van der Waals surface area contributed by atoms with Gasteiger partial charge in [0.25, 0.3) is 0 Å². The molecule has 1 heterocycles. The van der Waals surface area contributed by atoms with Gasteiger partial charge in [0.1, 0.15) is 0 Å². The molecule has 112 valence electrons. The highest BCUT2D eigenvalue weighted by Gasteiger charge is 2.20. The molecular formula is C17H28N2O. The molecule has 2 atom stereocenters. The van der Waals surface area contributed by atoms with Crippen LogP contribution in [0, 0.1) is 5.92 Å². The maximum Gasteiger partial charge on any atom is 0.0502 e. The number of anilines is 1. The van der Waals surface area contributed by atoms with E-state index in [1.165, 1.54) is 44.5 Å². The summed E-state index contributed by atoms with van der Waals surface area (Å²) in [7, 11) is 1.81. The van der Waals surface area contributed by atoms with Gasteiger partial charge in [-0.25, -0.2) is 0 Å². The first-order valence-corrected chi connectivity index (χ1v) is 7.75. The van der Waals surface area contributed by atoms with E-state index in [9.17, 15) is 0 Å². The first-order valence-electron chi connectivity index (χ1n) is 7.75. The Morgan fingerprint density at radius 3 is 2.80 bits per heavy atom. The molecule has 0 amide bonds. The lowest BCUT2D eigenvalue weighted by atomic mass is 9.95. The number of nitrogens with zero attached hydrogens (tertiary/aromatic N) is 1. The fourth-order valence-electron chi connectivity index (χ4n) is 3.09. The van der Waals surface area contributed by atoms with E-state index in [-0.39, 0.29) is 0 Å². The van der Waals surface area contributed by atoms with Crippen LogP contribution in [0.3, 0.4) is 0 Å². The second-order valence-corrected chi connectivity index (χ2v) is 6.12. The zero-order chi connectivity index (χ0) is 14.4. The SMILES string of the molecule is COCC1CCCN(CCC(C)c2ccc(N)cc2)C1. The molecule has 0 saturated carbocycles. The molecule has 1 aliphatic rings. The van der Waals surface area contributed by atoms with Crippen molar-refractivity contribution in [1.82, 2.24) is 4.90 Å². The quantitative estimate of drug-likeness (QED) is 0.811. The highest BCUT2D eigenvalue weighted by atomic mass is 16.5. The van der Waals surface area contributed by atoms with E-state index in [1.807, 2.05) is 19.2 Å². The average molecular weight is 276 g/mol. The van der Waals surface area contributed by atoms with Crippen molar-refractivity contribution in [2.75, 3.05) is 39.1 Å². The van der Waals surface area contributed by atoms with Gasteiger partial charge in [0.05, 0.1) is 6.61 Å². The fourth-order valence-corrected chi connectivity index (χ4v) is 3.09. The molecule has 0 aromatic heterocycles. The standard InChI is InChI=1S/C17H28N2O/c1-14(16-5-7-17(18)8-6-16)9-11-19-10-3-4-15(12-19)13-20-2/h5-8,14-15H,3-4,9-13,18H2,1-2H3. The Labute approximate surface area is 123 Å². The molecule has 2 unspecified atom stereocenters. The van der Waals surface area contributed by atoms with Crippen molar-refractivity contribution in [2.45, 2.75) is 32.1 Å². The number of likely N-dealkylation sites (tertiary alicyclic amines) is 1. The van der Waals surface area contributed by atoms with Crippen molar-refractivity contribution < 1.29 is 4.74 Å². The Balaban J connectivity index is 1.78. The molecule has 0 radical (unpaired) electrons. The van der Waals surface area contributed by atoms with E-state index in [2.05, 4.69) is 24.0 Å². The van der Waals surface area contributed by atoms with Gasteiger partial charge in [0, 0.05) is 19.3 Å². The predicted octanol–water partition coefficient (Wildman–Crippen LogP) is 3.12. The summed E-state index contributed by atoms with van der Waals surface area (Å²) < 4.78 is 5.30. The Morgan fingerprint density at radius 1 is 1.35 bits per heavy atom. The molecule has 1 saturated heterocycles. The summed E-state index contributed by atoms with van der Waals surface area (Å²) in [5.74, 6) is 1.32. The van der Waals surface area contributed by atoms with Crippen LogP contribution in [0.25, 0.3) is 0 Å². The number of nitrogen functional groups attached to an aromatic ring is 1. The van der Waals surface area contributed by atoms with Crippen molar-refractivity contribution in [1.29, 1.82) is 0 Å². The van der Waals surface area contributed by atoms with E-state index < -0.39 is 0 Å². The van der Waals surface area contributed by atoms with Gasteiger partial charge in [-0.15, -0.1) is 0 Å². The number of hydrogen-bond acceptors (Lipinski definition) is 3. The van der Waals surface area contributed by atoms with Crippen molar-refractivity contribution in [3.8, 4) is 0 Å². The molecule has 0 aliphatic carbocycles. The average Bonchev–Trinajstić information content (AvgIpc) is 2.46. The zero-order valence-electron chi connectivity index (χ0n) is 12.8. The number of methoxy groups -OCH3 is 1. The lowest BCUT2D eigenvalue weighted by Gasteiger charge is -2.33. The van der Waals surface area contributed by atoms with E-state index in [0.29, 0.717) is 5.92 Å². The van der Waals surface area contributed by atoms with Gasteiger partial charge in [0.15, 0.2) is 0 Å². The minimum atomic E-state index is 0.596. The third-order valence-electron chi connectivity index (χ3n) is 4.39. The third-order valence-corrected chi connectivity index (χ3v) is 4.39. The topological polar surface area (TPSA) is 38.5 Å². The molecule has 1 aliphatic heterocycles. The van der Waals surface area contributed by atoms with E-state index in [1.54, 1.807) is 0 Å². The van der Waals surface area contributed by atoms with Crippen LogP contribution in [0.15, 0.2) is 24.3 Å². The number of rotatable bonds is 6. The van der Waals surface area contributed by atoms with Crippen molar-refractivity contribution in [2.24, 2.45) is 5.92 Å². The van der Waals surface area contributed by atoms with Crippen molar-refractivity contribution in [3.63, 3.8) is 0 Å². The smallest absolute Gasteiger partial charge is 0.0502 e. The highest BCUT2D eigenvalue weighted by molar-refractivity contribution is 5.40. The molecule has 2 rings (SSSR count). The molecule has 1 aromatic rings. The molecule has 0 spiro atoms. The number of hydrogen-bond donors (Lipinski definition) is 1. The highest BCUT2D eigenvalue weighted by Crippen LogP contribution is 2.22. The van der Waals surface area contributed by atoms with Crippen molar-refractivity contribution in [3.05, 3.63) is 29.8 Å². The van der Waals surface area contributed by atoms with E-state index >= 15 is 0 Å². The normalized spacial score (nSPS) is 21.8. The Morgan fingerprint density at radius 2 is 2.10 bits per heavy atom. The van der Waals surface area contributed by atoms with Crippen LogP contribution in [0.2, 0.25) is 0 Å². The first-order chi connectivity index (χ1) is 9.69. The van der Waals surface area contributed by atoms with Gasteiger partial charge in [-0.05, 0) is 61.9 Å². The molecular weight excluding hydrogens is 248 g/mol. The summed E-state index contributed by atoms with van der Waals surface area (Å²) in [5, 5.41) is 0. The number of benzene rings is 1. The van der Waals surface area contributed by atoms with Gasteiger partial charge in [-0.3, -0.25) is 0 Å². The number of piperidine rings is 1. The van der Waals surface area contributed by atoms with Gasteiger partial charge < -0.3 is 15.4 Å². The lowest BCUT2D eigenvalue weighted by Crippen LogP contribution is -2.37. The van der Waals surface area contributed by atoms with Crippen LogP contribution in [-0.4, -0.2) is 38.3 Å². The summed E-state index contributed by atoms with van der Waals surface area (Å²) >= 11 is 0. The molecule has 20 heavy (non-hydrogen) atoms. The number of nitrogens with two attached hydrogens (primary N) is 1. The second kappa shape index (κ2) is 7.65. The molecule has 1 aromatic carbocycles. The van der Waals surface area contributed by atoms with Crippen LogP contribution >= 0.6 is 0 Å². The number of ether oxygens (including phenoxy) is 1. The molecule has 3 heteroatoms. The maximum atomic E-state index is 5.74. The first kappa shape index (κ1) is 15.3. The van der Waals surface area contributed by atoms with E-state index in [4.69, 9.17) is 10.5 Å². The van der Waals surface area contributed by atoms with Gasteiger partial charge in [-0.2, -0.15) is 0 Å². The molecule has 1 fully saturated rings. The Kier molecular flexibility index (Phi) is 5.86. The van der Waals surface area contributed by atoms with Crippen LogP contribution < -0.4 is 5.73 Å². The van der Waals surface area contributed by atoms with Crippen LogP contribution in [0.1, 0.15) is 37.7 Å². The summed E-state index contributed by atoms with van der Waals surface area (Å²) in [5.41, 5.74) is 7.98. The fraction of sp³-hybridized carbons (Fsp3) is 0.647. The molecule has 0 bridgehead atoms. The van der Waals surface area contributed by atoms with Crippen LogP contribution in [-0.2, 0) is 4.74 Å². The Bertz CT molecular complexity index is 388. The Hall–Kier alpha value is -1.06. The van der Waals surface area contributed by atoms with Crippen molar-refractivity contribution >= 4 is 5.69 Å². The maximum absolute atomic E-state index is 5.74. The second-order valence-electron chi connectivity index (χ2n) is 6.12. The third kappa shape index (κ3) is 4.50. The van der Waals surface area contributed by atoms with Crippen LogP contribution in [0.5, 0.6) is 0 Å². The van der Waals surface area contributed by atoms with Gasteiger partial charge >= 0.3 is 0 Å². The predicted molar refractivity (Wildman–Crippen MR) is 84.9 cm³/mol. The van der Waals surface area contributed by atoms with Gasteiger partial charge in [0.2, 0.25) is 0 Å². The summed E-state index contributed by atoms with van der Waals surface area (Å²) in [6, 6.07) is 8.32. The lowest BCUT2D eigenvalue weighted by molar-refractivity contribution is 0.0894. The molecule has 2 N–H and O–H groups in total. The molecule has 3 nitrogen and oxygen atoms in total. The zero-order valence-corrected chi connectivity index (χ0v) is 12.8. The summed E-state index contributed by atoms with van der Waals surface area (Å²) in [6.07, 6.45) is 3.84.